The van der Waals surface area contributed by atoms with Crippen LogP contribution in [0.25, 0.3) is 11.2 Å². The predicted molar refractivity (Wildman–Crippen MR) is 93.4 cm³/mol. The van der Waals surface area contributed by atoms with E-state index in [-0.39, 0.29) is 0 Å². The number of hydrogen-bond acceptors (Lipinski definition) is 7. The molecule has 2 heterocycles. The summed E-state index contributed by atoms with van der Waals surface area (Å²) in [4.78, 5) is 9.04. The van der Waals surface area contributed by atoms with Crippen molar-refractivity contribution in [1.29, 1.82) is 0 Å². The summed E-state index contributed by atoms with van der Waals surface area (Å²) in [5.74, 6) is 2.43. The maximum absolute atomic E-state index is 9.40. The van der Waals surface area contributed by atoms with E-state index in [9.17, 15) is 5.11 Å². The fourth-order valence-electron chi connectivity index (χ4n) is 2.70. The lowest BCUT2D eigenvalue weighted by molar-refractivity contribution is 0.475. The lowest BCUT2D eigenvalue weighted by atomic mass is 10.1. The van der Waals surface area contributed by atoms with Crippen LogP contribution >= 0.6 is 11.8 Å². The molecule has 1 fully saturated rings. The first-order valence-electron chi connectivity index (χ1n) is 8.01. The van der Waals surface area contributed by atoms with Gasteiger partial charge in [0.25, 0.3) is 0 Å². The van der Waals surface area contributed by atoms with Gasteiger partial charge >= 0.3 is 0 Å². The van der Waals surface area contributed by atoms with E-state index in [2.05, 4.69) is 37.6 Å². The molecule has 1 aromatic carbocycles. The summed E-state index contributed by atoms with van der Waals surface area (Å²) >= 11 is 1.63. The number of nitrogens with one attached hydrogen (secondary N) is 2. The third-order valence-electron chi connectivity index (χ3n) is 4.03. The molecule has 0 saturated heterocycles. The first-order valence-corrected chi connectivity index (χ1v) is 9.00. The average molecular weight is 342 g/mol. The molecule has 1 aliphatic rings. The molecule has 2 atom stereocenters. The number of thioether (sulfide) groups is 1. The molecule has 1 aliphatic carbocycles. The number of aromatic nitrogens is 5. The summed E-state index contributed by atoms with van der Waals surface area (Å²) in [6, 6.07) is 7.70. The second kappa shape index (κ2) is 6.27. The van der Waals surface area contributed by atoms with Crippen molar-refractivity contribution < 1.29 is 5.11 Å². The Labute approximate surface area is 143 Å². The number of rotatable bonds is 6. The Kier molecular flexibility index (Phi) is 3.97. The summed E-state index contributed by atoms with van der Waals surface area (Å²) in [6.07, 6.45) is 2.10. The molecule has 2 unspecified atom stereocenters. The summed E-state index contributed by atoms with van der Waals surface area (Å²) in [5.41, 5.74) is 2.48. The molecule has 2 aromatic heterocycles. The zero-order valence-corrected chi connectivity index (χ0v) is 14.0. The van der Waals surface area contributed by atoms with Crippen LogP contribution in [-0.4, -0.2) is 42.3 Å². The maximum Gasteiger partial charge on any atom is 0.207 e. The number of aromatic hydroxyl groups is 1. The zero-order valence-electron chi connectivity index (χ0n) is 13.2. The molecule has 0 bridgehead atoms. The Balaban J connectivity index is 1.54. The molecule has 124 valence electrons. The van der Waals surface area contributed by atoms with Gasteiger partial charge in [-0.15, -0.1) is 5.10 Å². The van der Waals surface area contributed by atoms with Crippen molar-refractivity contribution in [3.8, 4) is 5.75 Å². The molecular formula is C16H18N6OS. The minimum absolute atomic E-state index is 0.293. The number of hydrogen-bond donors (Lipinski definition) is 3. The number of H-pyrrole nitrogens is 1. The molecule has 0 radical (unpaired) electrons. The SMILES string of the molecule is CCCSc1nc(NC2CC2c2ccc(O)cc2)c2n[nH]nc2n1. The number of phenols is 1. The number of nitrogens with zero attached hydrogens (tertiary/aromatic N) is 4. The van der Waals surface area contributed by atoms with Crippen LogP contribution < -0.4 is 5.32 Å². The molecule has 0 aliphatic heterocycles. The Morgan fingerprint density at radius 3 is 2.88 bits per heavy atom. The van der Waals surface area contributed by atoms with Crippen LogP contribution in [0.4, 0.5) is 5.82 Å². The minimum atomic E-state index is 0.293. The van der Waals surface area contributed by atoms with Gasteiger partial charge in [0.05, 0.1) is 0 Å². The van der Waals surface area contributed by atoms with Gasteiger partial charge in [0, 0.05) is 17.7 Å². The number of phenolic OH excluding ortho intramolecular Hbond substituents is 1. The van der Waals surface area contributed by atoms with Gasteiger partial charge in [-0.3, -0.25) is 0 Å². The quantitative estimate of drug-likeness (QED) is 0.468. The van der Waals surface area contributed by atoms with Crippen LogP contribution in [0.5, 0.6) is 5.75 Å². The second-order valence-corrected chi connectivity index (χ2v) is 6.95. The lowest BCUT2D eigenvalue weighted by Crippen LogP contribution is -2.08. The first-order chi connectivity index (χ1) is 11.7. The zero-order chi connectivity index (χ0) is 16.5. The van der Waals surface area contributed by atoms with Crippen molar-refractivity contribution >= 4 is 28.7 Å². The van der Waals surface area contributed by atoms with Crippen LogP contribution in [0.3, 0.4) is 0 Å². The van der Waals surface area contributed by atoms with Crippen LogP contribution in [0.1, 0.15) is 31.2 Å². The fraction of sp³-hybridized carbons (Fsp3) is 0.375. The van der Waals surface area contributed by atoms with Crippen molar-refractivity contribution in [3.63, 3.8) is 0 Å². The van der Waals surface area contributed by atoms with Crippen molar-refractivity contribution in [2.24, 2.45) is 0 Å². The highest BCUT2D eigenvalue weighted by Gasteiger charge is 2.39. The third-order valence-corrected chi connectivity index (χ3v) is 5.09. The normalized spacial score (nSPS) is 19.5. The molecule has 7 nitrogen and oxygen atoms in total. The van der Waals surface area contributed by atoms with Gasteiger partial charge in [0.15, 0.2) is 16.5 Å². The van der Waals surface area contributed by atoms with Gasteiger partial charge in [0.2, 0.25) is 5.65 Å². The topological polar surface area (TPSA) is 99.6 Å². The van der Waals surface area contributed by atoms with Gasteiger partial charge < -0.3 is 10.4 Å². The molecule has 1 saturated carbocycles. The first kappa shape index (κ1) is 15.2. The maximum atomic E-state index is 9.40. The van der Waals surface area contributed by atoms with Gasteiger partial charge in [0.1, 0.15) is 5.75 Å². The minimum Gasteiger partial charge on any atom is -0.508 e. The molecule has 3 N–H and O–H groups in total. The highest BCUT2D eigenvalue weighted by Crippen LogP contribution is 2.43. The van der Waals surface area contributed by atoms with Crippen molar-refractivity contribution in [2.75, 3.05) is 11.1 Å². The Hall–Kier alpha value is -2.35. The highest BCUT2D eigenvalue weighted by molar-refractivity contribution is 7.99. The van der Waals surface area contributed by atoms with E-state index in [0.29, 0.717) is 28.9 Å². The highest BCUT2D eigenvalue weighted by atomic mass is 32.2. The van der Waals surface area contributed by atoms with E-state index >= 15 is 0 Å². The van der Waals surface area contributed by atoms with E-state index in [0.717, 1.165) is 29.6 Å². The monoisotopic (exact) mass is 342 g/mol. The molecule has 0 spiro atoms. The second-order valence-electron chi connectivity index (χ2n) is 5.88. The largest absolute Gasteiger partial charge is 0.508 e. The summed E-state index contributed by atoms with van der Waals surface area (Å²) in [6.45, 7) is 2.13. The molecule has 4 rings (SSSR count). The smallest absolute Gasteiger partial charge is 0.207 e. The Bertz CT molecular complexity index is 849. The molecular weight excluding hydrogens is 324 g/mol. The number of anilines is 1. The van der Waals surface area contributed by atoms with Gasteiger partial charge in [-0.25, -0.2) is 4.98 Å². The number of fused-ring (bicyclic) bond motifs is 1. The Morgan fingerprint density at radius 2 is 2.08 bits per heavy atom. The van der Waals surface area contributed by atoms with Gasteiger partial charge in [-0.1, -0.05) is 30.8 Å². The van der Waals surface area contributed by atoms with E-state index < -0.39 is 0 Å². The standard InChI is InChI=1S/C16H18N6OS/c1-2-7-24-16-18-14(13-15(19-16)21-22-20-13)17-12-8-11(12)9-3-5-10(23)6-4-9/h3-6,11-12,23H,2,7-8H2,1H3,(H2,17,18,19,20,21,22). The van der Waals surface area contributed by atoms with Crippen LogP contribution in [-0.2, 0) is 0 Å². The van der Waals surface area contributed by atoms with E-state index in [4.69, 9.17) is 0 Å². The molecule has 24 heavy (non-hydrogen) atoms. The summed E-state index contributed by atoms with van der Waals surface area (Å²) in [5, 5.41) is 24.5. The van der Waals surface area contributed by atoms with Crippen molar-refractivity contribution in [1.82, 2.24) is 25.4 Å². The van der Waals surface area contributed by atoms with Crippen LogP contribution in [0.15, 0.2) is 29.4 Å². The predicted octanol–water partition coefficient (Wildman–Crippen LogP) is 2.92. The summed E-state index contributed by atoms with van der Waals surface area (Å²) in [7, 11) is 0. The van der Waals surface area contributed by atoms with E-state index in [1.807, 2.05) is 12.1 Å². The molecule has 3 aromatic rings. The number of aromatic amines is 1. The van der Waals surface area contributed by atoms with Crippen molar-refractivity contribution in [2.45, 2.75) is 36.9 Å². The molecule has 0 amide bonds. The average Bonchev–Trinajstić information content (AvgIpc) is 3.17. The molecule has 8 heteroatoms. The lowest BCUT2D eigenvalue weighted by Gasteiger charge is -2.07. The Morgan fingerprint density at radius 1 is 1.25 bits per heavy atom. The van der Waals surface area contributed by atoms with Crippen molar-refractivity contribution in [3.05, 3.63) is 29.8 Å². The van der Waals surface area contributed by atoms with Gasteiger partial charge in [-0.2, -0.15) is 15.3 Å². The van der Waals surface area contributed by atoms with Gasteiger partial charge in [-0.05, 0) is 30.5 Å². The number of benzene rings is 1. The van der Waals surface area contributed by atoms with E-state index in [1.165, 1.54) is 5.56 Å². The van der Waals surface area contributed by atoms with Crippen LogP contribution in [0.2, 0.25) is 0 Å². The van der Waals surface area contributed by atoms with E-state index in [1.54, 1.807) is 23.9 Å². The summed E-state index contributed by atoms with van der Waals surface area (Å²) < 4.78 is 0. The third kappa shape index (κ3) is 3.01. The fourth-order valence-corrected chi connectivity index (χ4v) is 3.40. The van der Waals surface area contributed by atoms with Crippen LogP contribution in [0, 0.1) is 0 Å².